The van der Waals surface area contributed by atoms with Gasteiger partial charge < -0.3 is 40.9 Å². The molecule has 2 aromatic heterocycles. The average molecular weight is 536 g/mol. The summed E-state index contributed by atoms with van der Waals surface area (Å²) < 4.78 is 68.0. The fraction of sp³-hybridized carbons (Fsp3) is 0.545. The molecule has 1 saturated carbocycles. The van der Waals surface area contributed by atoms with Gasteiger partial charge in [-0.2, -0.15) is 8.62 Å². The Morgan fingerprint density at radius 2 is 1.82 bits per heavy atom. The minimum Gasteiger partial charge on any atom is -0.382 e. The number of rotatable bonds is 8. The molecule has 0 aromatic carbocycles. The standard InChI is InChI=1S/C11H16FN6O12P3/c12-5-8(18-3-17-4-6(14)15-2-16-7(4)18)27-10(1-13)9(11(5,10)19)28-32(23,24)30-33(25,26)29-31(20,21)22/h2-3,5,8-9,19H,1,13H2,(H,23,24)(H,25,26)(H2,14,15,16)(H2,20,21,22)/t5-,8+,9?,10+,11+/m0/s1. The number of anilines is 1. The van der Waals surface area contributed by atoms with Crippen molar-refractivity contribution in [3.05, 3.63) is 12.7 Å². The maximum Gasteiger partial charge on any atom is 0.490 e. The molecule has 22 heteroatoms. The lowest BCUT2D eigenvalue weighted by Crippen LogP contribution is -2.34. The maximum absolute atomic E-state index is 15.3. The van der Waals surface area contributed by atoms with Crippen molar-refractivity contribution >= 4 is 40.4 Å². The summed E-state index contributed by atoms with van der Waals surface area (Å²) in [5.74, 6) is -0.0184. The lowest BCUT2D eigenvalue weighted by atomic mass is 10.1. The van der Waals surface area contributed by atoms with Crippen molar-refractivity contribution in [2.24, 2.45) is 5.73 Å². The fourth-order valence-corrected chi connectivity index (χ4v) is 6.93. The number of nitrogen functional groups attached to an aromatic ring is 1. The van der Waals surface area contributed by atoms with Crippen molar-refractivity contribution in [2.45, 2.75) is 29.7 Å². The molecule has 7 atom stereocenters. The van der Waals surface area contributed by atoms with Gasteiger partial charge in [0.1, 0.15) is 23.5 Å². The van der Waals surface area contributed by atoms with E-state index in [1.807, 2.05) is 0 Å². The highest BCUT2D eigenvalue weighted by molar-refractivity contribution is 7.66. The first-order valence-corrected chi connectivity index (χ1v) is 13.1. The molecule has 1 aliphatic carbocycles. The minimum atomic E-state index is -5.83. The molecule has 1 aliphatic heterocycles. The van der Waals surface area contributed by atoms with Crippen LogP contribution < -0.4 is 11.5 Å². The summed E-state index contributed by atoms with van der Waals surface area (Å²) in [4.78, 5) is 47.6. The van der Waals surface area contributed by atoms with Crippen LogP contribution in [0.5, 0.6) is 0 Å². The Kier molecular flexibility index (Phi) is 5.64. The van der Waals surface area contributed by atoms with Crippen LogP contribution in [0.4, 0.5) is 10.2 Å². The number of ether oxygens (including phenoxy) is 1. The molecule has 4 rings (SSSR count). The number of hydrogen-bond acceptors (Lipinski definition) is 13. The number of imidazole rings is 1. The quantitative estimate of drug-likeness (QED) is 0.188. The van der Waals surface area contributed by atoms with E-state index in [2.05, 4.69) is 28.1 Å². The van der Waals surface area contributed by atoms with Gasteiger partial charge in [0.25, 0.3) is 0 Å². The number of phosphoric ester groups is 1. The second-order valence-electron chi connectivity index (χ2n) is 6.99. The van der Waals surface area contributed by atoms with Crippen LogP contribution >= 0.6 is 23.5 Å². The van der Waals surface area contributed by atoms with E-state index in [0.717, 1.165) is 17.2 Å². The smallest absolute Gasteiger partial charge is 0.382 e. The van der Waals surface area contributed by atoms with E-state index in [0.29, 0.717) is 0 Å². The van der Waals surface area contributed by atoms with Crippen molar-refractivity contribution < 1.29 is 60.6 Å². The van der Waals surface area contributed by atoms with Crippen LogP contribution in [0.2, 0.25) is 0 Å². The van der Waals surface area contributed by atoms with Crippen molar-refractivity contribution in [2.75, 3.05) is 12.3 Å². The van der Waals surface area contributed by atoms with E-state index in [9.17, 15) is 28.6 Å². The molecule has 0 spiro atoms. The second kappa shape index (κ2) is 7.53. The van der Waals surface area contributed by atoms with E-state index in [1.165, 1.54) is 0 Å². The Hall–Kier alpha value is -1.43. The van der Waals surface area contributed by atoms with E-state index in [-0.39, 0.29) is 17.0 Å². The molecule has 18 nitrogen and oxygen atoms in total. The summed E-state index contributed by atoms with van der Waals surface area (Å²) in [6.45, 7) is -0.662. The highest BCUT2D eigenvalue weighted by Gasteiger charge is 2.89. The van der Waals surface area contributed by atoms with Gasteiger partial charge in [-0.25, -0.2) is 33.0 Å². The molecule has 0 radical (unpaired) electrons. The summed E-state index contributed by atoms with van der Waals surface area (Å²) in [6.07, 6.45) is -3.79. The number of aromatic nitrogens is 4. The van der Waals surface area contributed by atoms with Gasteiger partial charge >= 0.3 is 23.5 Å². The Morgan fingerprint density at radius 1 is 1.15 bits per heavy atom. The Bertz CT molecular complexity index is 1250. The molecular formula is C11H16FN6O12P3. The third kappa shape index (κ3) is 3.94. The highest BCUT2D eigenvalue weighted by atomic mass is 31.3. The molecule has 0 bridgehead atoms. The van der Waals surface area contributed by atoms with Crippen LogP contribution in [-0.4, -0.2) is 74.2 Å². The second-order valence-corrected chi connectivity index (χ2v) is 11.4. The van der Waals surface area contributed by atoms with Crippen LogP contribution in [0, 0.1) is 0 Å². The van der Waals surface area contributed by atoms with E-state index >= 15 is 4.39 Å². The normalized spacial score (nSPS) is 35.2. The van der Waals surface area contributed by atoms with Crippen LogP contribution in [0.1, 0.15) is 6.23 Å². The van der Waals surface area contributed by atoms with Gasteiger partial charge in [0.15, 0.2) is 29.5 Å². The molecule has 33 heavy (non-hydrogen) atoms. The number of aliphatic hydroxyl groups is 1. The summed E-state index contributed by atoms with van der Waals surface area (Å²) in [7, 11) is -17.2. The highest BCUT2D eigenvalue weighted by Crippen LogP contribution is 2.72. The van der Waals surface area contributed by atoms with E-state index in [4.69, 9.17) is 26.0 Å². The summed E-state index contributed by atoms with van der Waals surface area (Å²) in [6, 6.07) is 0. The third-order valence-electron chi connectivity index (χ3n) is 5.04. The van der Waals surface area contributed by atoms with Crippen molar-refractivity contribution in [1.82, 2.24) is 19.5 Å². The Labute approximate surface area is 181 Å². The zero-order valence-electron chi connectivity index (χ0n) is 15.9. The lowest BCUT2D eigenvalue weighted by Gasteiger charge is -2.24. The topological polar surface area (TPSA) is 285 Å². The maximum atomic E-state index is 15.3. The van der Waals surface area contributed by atoms with Crippen LogP contribution in [0.3, 0.4) is 0 Å². The van der Waals surface area contributed by atoms with Crippen LogP contribution in [0.15, 0.2) is 12.7 Å². The molecule has 3 unspecified atom stereocenters. The number of halogens is 1. The van der Waals surface area contributed by atoms with Gasteiger partial charge in [-0.3, -0.25) is 9.09 Å². The van der Waals surface area contributed by atoms with Gasteiger partial charge in [-0.1, -0.05) is 0 Å². The van der Waals surface area contributed by atoms with E-state index < -0.39 is 59.7 Å². The van der Waals surface area contributed by atoms with Gasteiger partial charge in [0.2, 0.25) is 0 Å². The van der Waals surface area contributed by atoms with Crippen molar-refractivity contribution in [3.63, 3.8) is 0 Å². The molecule has 184 valence electrons. The summed E-state index contributed by atoms with van der Waals surface area (Å²) >= 11 is 0. The molecule has 0 amide bonds. The van der Waals surface area contributed by atoms with Gasteiger partial charge in [-0.05, 0) is 0 Å². The van der Waals surface area contributed by atoms with Gasteiger partial charge in [0.05, 0.1) is 6.33 Å². The number of hydrogen-bond donors (Lipinski definition) is 7. The van der Waals surface area contributed by atoms with Crippen molar-refractivity contribution in [1.29, 1.82) is 0 Å². The molecular weight excluding hydrogens is 520 g/mol. The minimum absolute atomic E-state index is 0.0184. The molecule has 1 saturated heterocycles. The number of alkyl halides is 1. The first-order valence-electron chi connectivity index (χ1n) is 8.56. The Morgan fingerprint density at radius 3 is 2.39 bits per heavy atom. The molecule has 9 N–H and O–H groups in total. The summed E-state index contributed by atoms with van der Waals surface area (Å²) in [5.41, 5.74) is 6.62. The zero-order valence-corrected chi connectivity index (χ0v) is 18.5. The molecule has 2 aromatic rings. The lowest BCUT2D eigenvalue weighted by molar-refractivity contribution is -0.0851. The molecule has 3 heterocycles. The SMILES string of the molecule is NC[C@]12O[C@@H](n3cnc4c(N)ncnc43)[C@H](F)[C@@]1(O)C2OP(=O)(O)OP(=O)(O)OP(=O)(O)O. The predicted octanol–water partition coefficient (Wildman–Crippen LogP) is -1.57. The van der Waals surface area contributed by atoms with E-state index in [1.54, 1.807) is 0 Å². The van der Waals surface area contributed by atoms with Crippen LogP contribution in [-0.2, 0) is 31.6 Å². The summed E-state index contributed by atoms with van der Waals surface area (Å²) in [5, 5.41) is 10.8. The Balaban J connectivity index is 1.57. The largest absolute Gasteiger partial charge is 0.490 e. The fourth-order valence-electron chi connectivity index (χ4n) is 3.68. The molecule has 2 fully saturated rings. The van der Waals surface area contributed by atoms with Gasteiger partial charge in [0, 0.05) is 6.54 Å². The predicted molar refractivity (Wildman–Crippen MR) is 100 cm³/mol. The third-order valence-corrected chi connectivity index (χ3v) is 8.84. The number of phosphoric acid groups is 3. The zero-order chi connectivity index (χ0) is 24.6. The first kappa shape index (κ1) is 24.7. The van der Waals surface area contributed by atoms with Crippen molar-refractivity contribution in [3.8, 4) is 0 Å². The average Bonchev–Trinajstić information content (AvgIpc) is 2.94. The first-order chi connectivity index (χ1) is 15.1. The number of fused-ring (bicyclic) bond motifs is 2. The molecule has 2 aliphatic rings. The van der Waals surface area contributed by atoms with Crippen LogP contribution in [0.25, 0.3) is 11.2 Å². The van der Waals surface area contributed by atoms with Gasteiger partial charge in [-0.15, -0.1) is 0 Å². The number of nitrogens with zero attached hydrogens (tertiary/aromatic N) is 4. The number of nitrogens with two attached hydrogens (primary N) is 2. The monoisotopic (exact) mass is 536 g/mol.